The molecule has 0 radical (unpaired) electrons. The van der Waals surface area contributed by atoms with Crippen molar-refractivity contribution < 1.29 is 4.74 Å². The predicted octanol–water partition coefficient (Wildman–Crippen LogP) is 4.21. The molecule has 0 aliphatic rings. The molecule has 0 unspecified atom stereocenters. The fraction of sp³-hybridized carbons (Fsp3) is 0.174. The van der Waals surface area contributed by atoms with E-state index in [1.54, 1.807) is 11.0 Å². The van der Waals surface area contributed by atoms with Crippen LogP contribution in [0.1, 0.15) is 11.3 Å². The molecule has 7 heteroatoms. The summed E-state index contributed by atoms with van der Waals surface area (Å²) in [4.78, 5) is 5.85. The number of nitrogens with zero attached hydrogens (tertiary/aromatic N) is 4. The second-order valence-corrected chi connectivity index (χ2v) is 7.08. The van der Waals surface area contributed by atoms with Crippen LogP contribution in [0.15, 0.2) is 79.0 Å². The van der Waals surface area contributed by atoms with Gasteiger partial charge in [-0.1, -0.05) is 66.2 Å². The molecular weight excluding hydrogens is 398 g/mol. The van der Waals surface area contributed by atoms with E-state index in [4.69, 9.17) is 26.5 Å². The molecule has 0 amide bonds. The fourth-order valence-electron chi connectivity index (χ4n) is 3.04. The SMILES string of the molecule is Clc1ccccc1Cn1nc(CNCCOc2ccccn2)c(-c2ccccc2)n1. The molecule has 0 atom stereocenters. The van der Waals surface area contributed by atoms with Crippen LogP contribution in [-0.4, -0.2) is 33.1 Å². The zero-order valence-corrected chi connectivity index (χ0v) is 17.2. The number of benzene rings is 2. The van der Waals surface area contributed by atoms with Gasteiger partial charge < -0.3 is 10.1 Å². The summed E-state index contributed by atoms with van der Waals surface area (Å²) >= 11 is 6.31. The molecule has 2 aromatic carbocycles. The normalized spacial score (nSPS) is 10.8. The van der Waals surface area contributed by atoms with Crippen molar-refractivity contribution in [3.63, 3.8) is 0 Å². The van der Waals surface area contributed by atoms with E-state index in [0.29, 0.717) is 37.1 Å². The summed E-state index contributed by atoms with van der Waals surface area (Å²) in [6.45, 7) is 2.29. The van der Waals surface area contributed by atoms with E-state index in [9.17, 15) is 0 Å². The predicted molar refractivity (Wildman–Crippen MR) is 117 cm³/mol. The van der Waals surface area contributed by atoms with Crippen molar-refractivity contribution in [2.45, 2.75) is 13.1 Å². The van der Waals surface area contributed by atoms with Gasteiger partial charge in [0, 0.05) is 35.9 Å². The summed E-state index contributed by atoms with van der Waals surface area (Å²) in [6, 6.07) is 23.4. The maximum Gasteiger partial charge on any atom is 0.213 e. The number of pyridine rings is 1. The van der Waals surface area contributed by atoms with Gasteiger partial charge >= 0.3 is 0 Å². The van der Waals surface area contributed by atoms with Crippen molar-refractivity contribution in [2.75, 3.05) is 13.2 Å². The van der Waals surface area contributed by atoms with Gasteiger partial charge in [0.1, 0.15) is 18.0 Å². The number of hydrogen-bond acceptors (Lipinski definition) is 5. The first kappa shape index (κ1) is 20.1. The second kappa shape index (κ2) is 10.0. The molecule has 0 fully saturated rings. The molecule has 0 saturated carbocycles. The van der Waals surface area contributed by atoms with E-state index in [-0.39, 0.29) is 0 Å². The van der Waals surface area contributed by atoms with E-state index >= 15 is 0 Å². The van der Waals surface area contributed by atoms with Crippen molar-refractivity contribution in [3.05, 3.63) is 95.3 Å². The topological polar surface area (TPSA) is 64.9 Å². The number of halogens is 1. The smallest absolute Gasteiger partial charge is 0.213 e. The lowest BCUT2D eigenvalue weighted by molar-refractivity contribution is 0.302. The quantitative estimate of drug-likeness (QED) is 0.412. The average Bonchev–Trinajstić information content (AvgIpc) is 3.19. The van der Waals surface area contributed by atoms with Gasteiger partial charge in [0.15, 0.2) is 0 Å². The summed E-state index contributed by atoms with van der Waals surface area (Å²) < 4.78 is 5.63. The van der Waals surface area contributed by atoms with Crippen molar-refractivity contribution in [1.29, 1.82) is 0 Å². The molecule has 2 heterocycles. The van der Waals surface area contributed by atoms with Gasteiger partial charge in [0.05, 0.1) is 6.54 Å². The number of aromatic nitrogens is 4. The maximum absolute atomic E-state index is 6.31. The van der Waals surface area contributed by atoms with Crippen LogP contribution in [0.5, 0.6) is 5.88 Å². The second-order valence-electron chi connectivity index (χ2n) is 6.68. The molecular formula is C23H22ClN5O. The highest BCUT2D eigenvalue weighted by molar-refractivity contribution is 6.31. The van der Waals surface area contributed by atoms with Gasteiger partial charge in [-0.15, -0.1) is 0 Å². The van der Waals surface area contributed by atoms with Crippen LogP contribution in [0.3, 0.4) is 0 Å². The van der Waals surface area contributed by atoms with Crippen LogP contribution < -0.4 is 10.1 Å². The zero-order chi connectivity index (χ0) is 20.6. The van der Waals surface area contributed by atoms with Gasteiger partial charge in [-0.05, 0) is 17.7 Å². The third-order valence-corrected chi connectivity index (χ3v) is 4.87. The van der Waals surface area contributed by atoms with Crippen LogP contribution in [0.2, 0.25) is 5.02 Å². The number of ether oxygens (including phenoxy) is 1. The first-order valence-corrected chi connectivity index (χ1v) is 10.1. The van der Waals surface area contributed by atoms with Gasteiger partial charge in [-0.2, -0.15) is 15.0 Å². The maximum atomic E-state index is 6.31. The van der Waals surface area contributed by atoms with Crippen LogP contribution in [0, 0.1) is 0 Å². The van der Waals surface area contributed by atoms with Crippen LogP contribution >= 0.6 is 11.6 Å². The highest BCUT2D eigenvalue weighted by Gasteiger charge is 2.14. The molecule has 152 valence electrons. The Morgan fingerprint density at radius 3 is 2.50 bits per heavy atom. The fourth-order valence-corrected chi connectivity index (χ4v) is 3.23. The molecule has 0 aliphatic carbocycles. The highest BCUT2D eigenvalue weighted by Crippen LogP contribution is 2.21. The molecule has 0 bridgehead atoms. The van der Waals surface area contributed by atoms with Crippen molar-refractivity contribution in [2.24, 2.45) is 0 Å². The van der Waals surface area contributed by atoms with E-state index in [0.717, 1.165) is 22.5 Å². The highest BCUT2D eigenvalue weighted by atomic mass is 35.5. The summed E-state index contributed by atoms with van der Waals surface area (Å²) in [5, 5.41) is 13.5. The van der Waals surface area contributed by atoms with Crippen molar-refractivity contribution >= 4 is 11.6 Å². The largest absolute Gasteiger partial charge is 0.476 e. The van der Waals surface area contributed by atoms with Crippen molar-refractivity contribution in [3.8, 4) is 17.1 Å². The van der Waals surface area contributed by atoms with E-state index in [2.05, 4.69) is 10.3 Å². The van der Waals surface area contributed by atoms with Crippen LogP contribution in [0.25, 0.3) is 11.3 Å². The van der Waals surface area contributed by atoms with E-state index in [1.165, 1.54) is 0 Å². The zero-order valence-electron chi connectivity index (χ0n) is 16.4. The minimum absolute atomic E-state index is 0.516. The lowest BCUT2D eigenvalue weighted by atomic mass is 10.1. The van der Waals surface area contributed by atoms with E-state index in [1.807, 2.05) is 72.8 Å². The Kier molecular flexibility index (Phi) is 6.69. The molecule has 4 aromatic rings. The average molecular weight is 420 g/mol. The molecule has 0 aliphatic heterocycles. The molecule has 2 aromatic heterocycles. The lowest BCUT2D eigenvalue weighted by Gasteiger charge is -2.06. The minimum atomic E-state index is 0.516. The molecule has 30 heavy (non-hydrogen) atoms. The van der Waals surface area contributed by atoms with Gasteiger partial charge in [-0.3, -0.25) is 0 Å². The monoisotopic (exact) mass is 419 g/mol. The molecule has 1 N–H and O–H groups in total. The molecule has 6 nitrogen and oxygen atoms in total. The number of rotatable bonds is 9. The number of nitrogens with one attached hydrogen (secondary N) is 1. The third-order valence-electron chi connectivity index (χ3n) is 4.50. The van der Waals surface area contributed by atoms with Gasteiger partial charge in [0.2, 0.25) is 5.88 Å². The third kappa shape index (κ3) is 5.23. The Labute approximate surface area is 180 Å². The van der Waals surface area contributed by atoms with Gasteiger partial charge in [-0.25, -0.2) is 4.98 Å². The summed E-state index contributed by atoms with van der Waals surface area (Å²) in [5.74, 6) is 0.620. The molecule has 0 saturated heterocycles. The Morgan fingerprint density at radius 2 is 1.70 bits per heavy atom. The first-order valence-electron chi connectivity index (χ1n) is 9.77. The standard InChI is InChI=1S/C23H22ClN5O/c24-20-11-5-4-10-19(20)17-29-27-21(23(28-29)18-8-2-1-3-9-18)16-25-14-15-30-22-12-6-7-13-26-22/h1-13,25H,14-17H2. The van der Waals surface area contributed by atoms with Crippen LogP contribution in [0.4, 0.5) is 0 Å². The summed E-state index contributed by atoms with van der Waals surface area (Å²) in [6.07, 6.45) is 1.71. The van der Waals surface area contributed by atoms with Crippen LogP contribution in [-0.2, 0) is 13.1 Å². The summed E-state index contributed by atoms with van der Waals surface area (Å²) in [5.41, 5.74) is 3.76. The minimum Gasteiger partial charge on any atom is -0.476 e. The Balaban J connectivity index is 1.44. The Morgan fingerprint density at radius 1 is 0.900 bits per heavy atom. The first-order chi connectivity index (χ1) is 14.8. The Bertz CT molecular complexity index is 1070. The van der Waals surface area contributed by atoms with Crippen molar-refractivity contribution in [1.82, 2.24) is 25.3 Å². The molecule has 0 spiro atoms. The summed E-state index contributed by atoms with van der Waals surface area (Å²) in [7, 11) is 0. The Hall–Kier alpha value is -3.22. The number of hydrogen-bond donors (Lipinski definition) is 1. The lowest BCUT2D eigenvalue weighted by Crippen LogP contribution is -2.21. The van der Waals surface area contributed by atoms with Gasteiger partial charge in [0.25, 0.3) is 0 Å². The molecule has 4 rings (SSSR count). The van der Waals surface area contributed by atoms with E-state index < -0.39 is 0 Å².